The molecule has 8 nitrogen and oxygen atoms in total. The van der Waals surface area contributed by atoms with Gasteiger partial charge in [-0.3, -0.25) is 13.8 Å². The fourth-order valence-electron chi connectivity index (χ4n) is 4.24. The Kier molecular flexibility index (Phi) is 6.64. The lowest BCUT2D eigenvalue weighted by molar-refractivity contribution is -0.114. The molecule has 0 radical (unpaired) electrons. The van der Waals surface area contributed by atoms with E-state index in [2.05, 4.69) is 10.0 Å². The summed E-state index contributed by atoms with van der Waals surface area (Å²) in [5, 5.41) is 3.08. The fraction of sp³-hybridized carbons (Fsp3) is 0.0741. The van der Waals surface area contributed by atoms with E-state index >= 15 is 0 Å². The molecule has 1 aliphatic rings. The third-order valence-corrected chi connectivity index (χ3v) is 9.43. The Balaban J connectivity index is 1.35. The van der Waals surface area contributed by atoms with E-state index in [-0.39, 0.29) is 9.79 Å². The molecule has 1 heterocycles. The molecule has 0 unspecified atom stereocenters. The SMILES string of the molecule is Cc1cccc(NS(=O)(=O)c2ccc(NC(=O)CN3c4ccc(Cl)cc4-c4ccccc4S3(=O)=O)cc2)c1. The molecule has 5 rings (SSSR count). The Bertz CT molecular complexity index is 1770. The standard InChI is InChI=1S/C27H22ClN3O5S2/c1-18-5-4-6-21(15-18)30-37(33,34)22-12-10-20(11-13-22)29-27(32)17-31-25-14-9-19(28)16-24(25)23-7-2-3-8-26(23)38(31,35)36/h2-16,30H,17H2,1H3,(H,29,32). The van der Waals surface area contributed by atoms with Crippen molar-refractivity contribution in [2.45, 2.75) is 16.7 Å². The van der Waals surface area contributed by atoms with E-state index in [9.17, 15) is 21.6 Å². The van der Waals surface area contributed by atoms with Crippen LogP contribution in [0.4, 0.5) is 17.1 Å². The second-order valence-corrected chi connectivity index (χ2v) is 12.7. The van der Waals surface area contributed by atoms with E-state index in [1.165, 1.54) is 30.3 Å². The quantitative estimate of drug-likeness (QED) is 0.330. The first kappa shape index (κ1) is 25.8. The average molecular weight is 568 g/mol. The van der Waals surface area contributed by atoms with Crippen molar-refractivity contribution in [3.8, 4) is 11.1 Å². The summed E-state index contributed by atoms with van der Waals surface area (Å²) in [7, 11) is -7.85. The molecule has 194 valence electrons. The molecule has 2 N–H and O–H groups in total. The van der Waals surface area contributed by atoms with E-state index in [0.29, 0.717) is 33.2 Å². The third-order valence-electron chi connectivity index (χ3n) is 5.98. The summed E-state index contributed by atoms with van der Waals surface area (Å²) in [6.45, 7) is 1.37. The smallest absolute Gasteiger partial charge is 0.265 e. The van der Waals surface area contributed by atoms with Crippen LogP contribution in [0.1, 0.15) is 5.56 Å². The lowest BCUT2D eigenvalue weighted by Gasteiger charge is -2.31. The van der Waals surface area contributed by atoms with E-state index in [1.54, 1.807) is 54.6 Å². The van der Waals surface area contributed by atoms with Crippen LogP contribution < -0.4 is 14.3 Å². The molecule has 0 bridgehead atoms. The maximum Gasteiger partial charge on any atom is 0.265 e. The van der Waals surface area contributed by atoms with Crippen LogP contribution in [0.15, 0.2) is 101 Å². The Morgan fingerprint density at radius 1 is 0.868 bits per heavy atom. The zero-order valence-corrected chi connectivity index (χ0v) is 22.4. The van der Waals surface area contributed by atoms with Gasteiger partial charge in [-0.1, -0.05) is 41.9 Å². The van der Waals surface area contributed by atoms with Crippen molar-refractivity contribution in [1.82, 2.24) is 0 Å². The van der Waals surface area contributed by atoms with Crippen LogP contribution >= 0.6 is 11.6 Å². The molecule has 0 saturated carbocycles. The summed E-state index contributed by atoms with van der Waals surface area (Å²) in [5.74, 6) is -0.595. The van der Waals surface area contributed by atoms with Crippen molar-refractivity contribution in [1.29, 1.82) is 0 Å². The van der Waals surface area contributed by atoms with Crippen molar-refractivity contribution in [2.24, 2.45) is 0 Å². The number of carbonyl (C=O) groups excluding carboxylic acids is 1. The number of hydrogen-bond acceptors (Lipinski definition) is 5. The molecular weight excluding hydrogens is 546 g/mol. The monoisotopic (exact) mass is 567 g/mol. The van der Waals surface area contributed by atoms with Crippen LogP contribution in [-0.2, 0) is 24.8 Å². The first-order valence-electron chi connectivity index (χ1n) is 11.5. The summed E-state index contributed by atoms with van der Waals surface area (Å²) in [4.78, 5) is 13.0. The maximum atomic E-state index is 13.4. The molecule has 38 heavy (non-hydrogen) atoms. The minimum absolute atomic E-state index is 0.0121. The minimum atomic E-state index is -4.01. The molecule has 4 aromatic carbocycles. The molecule has 0 fully saturated rings. The summed E-state index contributed by atoms with van der Waals surface area (Å²) in [6.07, 6.45) is 0. The van der Waals surface area contributed by atoms with E-state index in [0.717, 1.165) is 9.87 Å². The highest BCUT2D eigenvalue weighted by atomic mass is 35.5. The number of carbonyl (C=O) groups is 1. The number of anilines is 3. The molecule has 1 amide bonds. The molecule has 0 saturated heterocycles. The molecule has 4 aromatic rings. The summed E-state index contributed by atoms with van der Waals surface area (Å²) >= 11 is 6.18. The van der Waals surface area contributed by atoms with Crippen LogP contribution in [0, 0.1) is 6.92 Å². The van der Waals surface area contributed by atoms with Crippen LogP contribution in [-0.4, -0.2) is 29.3 Å². The van der Waals surface area contributed by atoms with Gasteiger partial charge in [0.2, 0.25) is 5.91 Å². The van der Waals surface area contributed by atoms with Crippen molar-refractivity contribution < 1.29 is 21.6 Å². The lowest BCUT2D eigenvalue weighted by atomic mass is 10.0. The van der Waals surface area contributed by atoms with Crippen molar-refractivity contribution >= 4 is 54.6 Å². The topological polar surface area (TPSA) is 113 Å². The van der Waals surface area contributed by atoms with Gasteiger partial charge in [-0.2, -0.15) is 0 Å². The predicted octanol–water partition coefficient (Wildman–Crippen LogP) is 5.26. The first-order chi connectivity index (χ1) is 18.0. The number of sulfonamides is 2. The number of hydrogen-bond donors (Lipinski definition) is 2. The third kappa shape index (κ3) is 4.98. The Labute approximate surface area is 226 Å². The number of benzene rings is 4. The summed E-state index contributed by atoms with van der Waals surface area (Å²) in [5.41, 5.74) is 3.12. The number of amides is 1. The average Bonchev–Trinajstić information content (AvgIpc) is 2.87. The highest BCUT2D eigenvalue weighted by Gasteiger charge is 2.36. The normalized spacial score (nSPS) is 13.8. The van der Waals surface area contributed by atoms with Crippen LogP contribution in [0.5, 0.6) is 0 Å². The van der Waals surface area contributed by atoms with Crippen LogP contribution in [0.2, 0.25) is 5.02 Å². The summed E-state index contributed by atoms with van der Waals surface area (Å²) in [6, 6.07) is 23.9. The van der Waals surface area contributed by atoms with Gasteiger partial charge in [-0.05, 0) is 73.2 Å². The maximum absolute atomic E-state index is 13.4. The Hall–Kier alpha value is -3.86. The van der Waals surface area contributed by atoms with Gasteiger partial charge in [0.05, 0.1) is 15.5 Å². The van der Waals surface area contributed by atoms with Crippen molar-refractivity contribution in [3.05, 3.63) is 102 Å². The van der Waals surface area contributed by atoms with E-state index in [4.69, 9.17) is 11.6 Å². The zero-order chi connectivity index (χ0) is 27.1. The summed E-state index contributed by atoms with van der Waals surface area (Å²) < 4.78 is 55.9. The van der Waals surface area contributed by atoms with Crippen LogP contribution in [0.3, 0.4) is 0 Å². The van der Waals surface area contributed by atoms with E-state index < -0.39 is 32.5 Å². The Morgan fingerprint density at radius 3 is 2.34 bits per heavy atom. The molecule has 0 atom stereocenters. The van der Waals surface area contributed by atoms with Gasteiger partial charge in [0.1, 0.15) is 6.54 Å². The number of nitrogens with one attached hydrogen (secondary N) is 2. The largest absolute Gasteiger partial charge is 0.325 e. The molecule has 1 aliphatic heterocycles. The minimum Gasteiger partial charge on any atom is -0.325 e. The number of nitrogens with zero attached hydrogens (tertiary/aromatic N) is 1. The Morgan fingerprint density at radius 2 is 1.61 bits per heavy atom. The zero-order valence-electron chi connectivity index (χ0n) is 20.1. The van der Waals surface area contributed by atoms with Gasteiger partial charge >= 0.3 is 0 Å². The van der Waals surface area contributed by atoms with E-state index in [1.807, 2.05) is 13.0 Å². The molecule has 0 aliphatic carbocycles. The van der Waals surface area contributed by atoms with Crippen molar-refractivity contribution in [3.63, 3.8) is 0 Å². The van der Waals surface area contributed by atoms with Gasteiger partial charge in [-0.15, -0.1) is 0 Å². The van der Waals surface area contributed by atoms with Gasteiger partial charge in [-0.25, -0.2) is 16.8 Å². The van der Waals surface area contributed by atoms with Gasteiger partial charge in [0, 0.05) is 27.5 Å². The van der Waals surface area contributed by atoms with Gasteiger partial charge in [0.15, 0.2) is 0 Å². The highest BCUT2D eigenvalue weighted by Crippen LogP contribution is 2.43. The molecule has 0 aromatic heterocycles. The number of rotatable bonds is 6. The molecular formula is C27H22ClN3O5S2. The van der Waals surface area contributed by atoms with Gasteiger partial charge < -0.3 is 5.32 Å². The second-order valence-electron chi connectivity index (χ2n) is 8.72. The molecule has 0 spiro atoms. The predicted molar refractivity (Wildman–Crippen MR) is 148 cm³/mol. The number of halogens is 1. The lowest BCUT2D eigenvalue weighted by Crippen LogP contribution is -2.40. The van der Waals surface area contributed by atoms with Crippen LogP contribution in [0.25, 0.3) is 11.1 Å². The first-order valence-corrected chi connectivity index (χ1v) is 14.8. The molecule has 11 heteroatoms. The van der Waals surface area contributed by atoms with Crippen molar-refractivity contribution in [2.75, 3.05) is 20.9 Å². The van der Waals surface area contributed by atoms with Gasteiger partial charge in [0.25, 0.3) is 20.0 Å². The fourth-order valence-corrected chi connectivity index (χ4v) is 7.12. The second kappa shape index (κ2) is 9.79. The number of aryl methyl sites for hydroxylation is 1. The highest BCUT2D eigenvalue weighted by molar-refractivity contribution is 7.93. The number of fused-ring (bicyclic) bond motifs is 3.